The van der Waals surface area contributed by atoms with Crippen LogP contribution in [0.2, 0.25) is 5.02 Å². The molecule has 5 heteroatoms. The van der Waals surface area contributed by atoms with Crippen molar-refractivity contribution < 1.29 is 9.90 Å². The summed E-state index contributed by atoms with van der Waals surface area (Å²) in [5.41, 5.74) is 1.79. The zero-order valence-corrected chi connectivity index (χ0v) is 12.7. The molecule has 110 valence electrons. The average Bonchev–Trinajstić information content (AvgIpc) is 2.64. The van der Waals surface area contributed by atoms with E-state index in [9.17, 15) is 9.90 Å². The Morgan fingerprint density at radius 3 is 2.65 bits per heavy atom. The first-order valence-corrected chi connectivity index (χ1v) is 7.35. The SMILES string of the molecule is CC(=O)N1CCCN(c2ccc([C@H](C)O)cc2Cl)CC1. The van der Waals surface area contributed by atoms with Crippen LogP contribution in [-0.4, -0.2) is 42.1 Å². The van der Waals surface area contributed by atoms with Crippen molar-refractivity contribution in [1.29, 1.82) is 0 Å². The van der Waals surface area contributed by atoms with Crippen molar-refractivity contribution in [2.45, 2.75) is 26.4 Å². The minimum absolute atomic E-state index is 0.127. The third-order valence-corrected chi connectivity index (χ3v) is 4.04. The van der Waals surface area contributed by atoms with Crippen molar-refractivity contribution in [3.63, 3.8) is 0 Å². The van der Waals surface area contributed by atoms with E-state index >= 15 is 0 Å². The molecule has 0 unspecified atom stereocenters. The number of halogens is 1. The highest BCUT2D eigenvalue weighted by Crippen LogP contribution is 2.29. The Labute approximate surface area is 124 Å². The second kappa shape index (κ2) is 6.46. The van der Waals surface area contributed by atoms with E-state index in [1.807, 2.05) is 23.1 Å². The lowest BCUT2D eigenvalue weighted by atomic mass is 10.1. The molecule has 1 aliphatic rings. The highest BCUT2D eigenvalue weighted by Gasteiger charge is 2.18. The Morgan fingerprint density at radius 1 is 1.30 bits per heavy atom. The molecule has 1 aromatic carbocycles. The summed E-state index contributed by atoms with van der Waals surface area (Å²) in [5, 5.41) is 10.2. The molecule has 20 heavy (non-hydrogen) atoms. The van der Waals surface area contributed by atoms with Gasteiger partial charge in [-0.25, -0.2) is 0 Å². The van der Waals surface area contributed by atoms with Gasteiger partial charge >= 0.3 is 0 Å². The lowest BCUT2D eigenvalue weighted by Gasteiger charge is -2.24. The second-order valence-corrected chi connectivity index (χ2v) is 5.64. The maximum Gasteiger partial charge on any atom is 0.219 e. The largest absolute Gasteiger partial charge is 0.389 e. The number of benzene rings is 1. The Bertz CT molecular complexity index is 491. The van der Waals surface area contributed by atoms with Crippen molar-refractivity contribution >= 4 is 23.2 Å². The van der Waals surface area contributed by atoms with Gasteiger partial charge in [0.2, 0.25) is 5.91 Å². The van der Waals surface area contributed by atoms with E-state index in [-0.39, 0.29) is 5.91 Å². The molecule has 1 amide bonds. The number of amides is 1. The van der Waals surface area contributed by atoms with Crippen LogP contribution in [0.5, 0.6) is 0 Å². The Kier molecular flexibility index (Phi) is 4.89. The van der Waals surface area contributed by atoms with Gasteiger partial charge < -0.3 is 14.9 Å². The van der Waals surface area contributed by atoms with Crippen molar-refractivity contribution in [3.8, 4) is 0 Å². The number of hydrogen-bond acceptors (Lipinski definition) is 3. The Balaban J connectivity index is 2.13. The molecule has 1 fully saturated rings. The van der Waals surface area contributed by atoms with Crippen LogP contribution in [0.1, 0.15) is 31.9 Å². The molecular weight excluding hydrogens is 276 g/mol. The van der Waals surface area contributed by atoms with E-state index in [1.165, 1.54) is 0 Å². The smallest absolute Gasteiger partial charge is 0.219 e. The maximum absolute atomic E-state index is 11.4. The van der Waals surface area contributed by atoms with Crippen LogP contribution in [0, 0.1) is 0 Å². The van der Waals surface area contributed by atoms with E-state index in [2.05, 4.69) is 4.90 Å². The average molecular weight is 297 g/mol. The molecular formula is C15H21ClN2O2. The van der Waals surface area contributed by atoms with Crippen LogP contribution in [0.15, 0.2) is 18.2 Å². The molecule has 1 atom stereocenters. The fraction of sp³-hybridized carbons (Fsp3) is 0.533. The van der Waals surface area contributed by atoms with E-state index in [0.717, 1.165) is 43.9 Å². The first-order valence-electron chi connectivity index (χ1n) is 6.97. The fourth-order valence-corrected chi connectivity index (χ4v) is 2.82. The van der Waals surface area contributed by atoms with Gasteiger partial charge in [0.1, 0.15) is 0 Å². The summed E-state index contributed by atoms with van der Waals surface area (Å²) in [6, 6.07) is 5.67. The number of nitrogens with zero attached hydrogens (tertiary/aromatic N) is 2. The quantitative estimate of drug-likeness (QED) is 0.912. The summed E-state index contributed by atoms with van der Waals surface area (Å²) in [5.74, 6) is 0.127. The highest BCUT2D eigenvalue weighted by molar-refractivity contribution is 6.33. The predicted octanol–water partition coefficient (Wildman–Crippen LogP) is 2.45. The summed E-state index contributed by atoms with van der Waals surface area (Å²) in [6.07, 6.45) is 0.424. The normalized spacial score (nSPS) is 17.8. The van der Waals surface area contributed by atoms with Gasteiger partial charge in [-0.15, -0.1) is 0 Å². The number of aliphatic hydroxyl groups excluding tert-OH is 1. The number of carbonyl (C=O) groups excluding carboxylic acids is 1. The predicted molar refractivity (Wildman–Crippen MR) is 81.2 cm³/mol. The van der Waals surface area contributed by atoms with Gasteiger partial charge in [-0.2, -0.15) is 0 Å². The summed E-state index contributed by atoms with van der Waals surface area (Å²) >= 11 is 6.33. The molecule has 0 aliphatic carbocycles. The van der Waals surface area contributed by atoms with E-state index in [1.54, 1.807) is 13.8 Å². The van der Waals surface area contributed by atoms with Crippen molar-refractivity contribution in [1.82, 2.24) is 4.90 Å². The number of rotatable bonds is 2. The molecule has 0 spiro atoms. The molecule has 1 aliphatic heterocycles. The van der Waals surface area contributed by atoms with E-state index in [0.29, 0.717) is 5.02 Å². The van der Waals surface area contributed by atoms with Gasteiger partial charge in [-0.3, -0.25) is 4.79 Å². The van der Waals surface area contributed by atoms with Gasteiger partial charge in [0.25, 0.3) is 0 Å². The summed E-state index contributed by atoms with van der Waals surface area (Å²) < 4.78 is 0. The lowest BCUT2D eigenvalue weighted by molar-refractivity contribution is -0.128. The topological polar surface area (TPSA) is 43.8 Å². The van der Waals surface area contributed by atoms with Crippen LogP contribution in [0.4, 0.5) is 5.69 Å². The summed E-state index contributed by atoms with van der Waals surface area (Å²) in [4.78, 5) is 15.5. The molecule has 0 radical (unpaired) electrons. The highest BCUT2D eigenvalue weighted by atomic mass is 35.5. The van der Waals surface area contributed by atoms with Crippen LogP contribution in [0.25, 0.3) is 0 Å². The molecule has 1 N–H and O–H groups in total. The van der Waals surface area contributed by atoms with Crippen molar-refractivity contribution in [2.75, 3.05) is 31.1 Å². The number of hydrogen-bond donors (Lipinski definition) is 1. The molecule has 1 heterocycles. The molecule has 1 saturated heterocycles. The standard InChI is InChI=1S/C15H21ClN2O2/c1-11(19)13-4-5-15(14(16)10-13)18-7-3-6-17(8-9-18)12(2)20/h4-5,10-11,19H,3,6-9H2,1-2H3/t11-/m0/s1. The zero-order valence-electron chi connectivity index (χ0n) is 12.0. The molecule has 2 rings (SSSR count). The van der Waals surface area contributed by atoms with Gasteiger partial charge in [0.05, 0.1) is 16.8 Å². The Morgan fingerprint density at radius 2 is 2.05 bits per heavy atom. The van der Waals surface area contributed by atoms with E-state index in [4.69, 9.17) is 11.6 Å². The number of anilines is 1. The Hall–Kier alpha value is -1.26. The fourth-order valence-electron chi connectivity index (χ4n) is 2.51. The summed E-state index contributed by atoms with van der Waals surface area (Å²) in [6.45, 7) is 6.53. The first-order chi connectivity index (χ1) is 9.49. The molecule has 0 saturated carbocycles. The molecule has 4 nitrogen and oxygen atoms in total. The van der Waals surface area contributed by atoms with Crippen molar-refractivity contribution in [3.05, 3.63) is 28.8 Å². The van der Waals surface area contributed by atoms with Crippen LogP contribution in [0.3, 0.4) is 0 Å². The van der Waals surface area contributed by atoms with Crippen LogP contribution >= 0.6 is 11.6 Å². The minimum atomic E-state index is -0.515. The van der Waals surface area contributed by atoms with E-state index < -0.39 is 6.10 Å². The molecule has 0 aromatic heterocycles. The third kappa shape index (κ3) is 3.44. The van der Waals surface area contributed by atoms with Crippen LogP contribution in [-0.2, 0) is 4.79 Å². The molecule has 0 bridgehead atoms. The van der Waals surface area contributed by atoms with Gasteiger partial charge in [-0.1, -0.05) is 17.7 Å². The minimum Gasteiger partial charge on any atom is -0.389 e. The van der Waals surface area contributed by atoms with Crippen molar-refractivity contribution in [2.24, 2.45) is 0 Å². The summed E-state index contributed by atoms with van der Waals surface area (Å²) in [7, 11) is 0. The number of carbonyl (C=O) groups is 1. The lowest BCUT2D eigenvalue weighted by Crippen LogP contribution is -2.33. The second-order valence-electron chi connectivity index (χ2n) is 5.23. The molecule has 1 aromatic rings. The first kappa shape index (κ1) is 15.1. The number of aliphatic hydroxyl groups is 1. The van der Waals surface area contributed by atoms with Gasteiger partial charge in [0, 0.05) is 33.1 Å². The van der Waals surface area contributed by atoms with Gasteiger partial charge in [0.15, 0.2) is 0 Å². The third-order valence-electron chi connectivity index (χ3n) is 3.74. The van der Waals surface area contributed by atoms with Crippen LogP contribution < -0.4 is 4.90 Å². The monoisotopic (exact) mass is 296 g/mol. The zero-order chi connectivity index (χ0) is 14.7. The van der Waals surface area contributed by atoms with Gasteiger partial charge in [-0.05, 0) is 31.0 Å². The maximum atomic E-state index is 11.4.